The zero-order chi connectivity index (χ0) is 23.9. The molecule has 6 rings (SSSR count). The Bertz CT molecular complexity index is 1390. The Morgan fingerprint density at radius 2 is 1.74 bits per heavy atom. The molecule has 178 valence electrons. The molecule has 1 amide bonds. The van der Waals surface area contributed by atoms with Crippen LogP contribution in [0.4, 0.5) is 17.2 Å². The summed E-state index contributed by atoms with van der Waals surface area (Å²) in [6, 6.07) is 14.8. The van der Waals surface area contributed by atoms with Crippen LogP contribution in [0, 0.1) is 0 Å². The number of anilines is 3. The van der Waals surface area contributed by atoms with E-state index < -0.39 is 0 Å². The zero-order valence-electron chi connectivity index (χ0n) is 19.9. The van der Waals surface area contributed by atoms with Gasteiger partial charge in [-0.1, -0.05) is 12.1 Å². The first-order valence-corrected chi connectivity index (χ1v) is 12.0. The average molecular weight is 469 g/mol. The number of rotatable bonds is 5. The van der Waals surface area contributed by atoms with Crippen LogP contribution in [-0.4, -0.2) is 62.6 Å². The third-order valence-corrected chi connectivity index (χ3v) is 6.97. The number of amides is 1. The third kappa shape index (κ3) is 3.87. The monoisotopic (exact) mass is 468 g/mol. The van der Waals surface area contributed by atoms with Gasteiger partial charge in [-0.3, -0.25) is 9.69 Å². The molecule has 0 bridgehead atoms. The Hall–Kier alpha value is -3.98. The van der Waals surface area contributed by atoms with E-state index in [-0.39, 0.29) is 5.91 Å². The van der Waals surface area contributed by atoms with Gasteiger partial charge in [-0.05, 0) is 49.7 Å². The molecule has 1 fully saturated rings. The molecule has 2 aromatic carbocycles. The molecule has 1 saturated heterocycles. The van der Waals surface area contributed by atoms with Gasteiger partial charge < -0.3 is 15.5 Å². The van der Waals surface area contributed by atoms with E-state index in [2.05, 4.69) is 73.6 Å². The van der Waals surface area contributed by atoms with Crippen molar-refractivity contribution in [3.8, 4) is 11.3 Å². The Labute approximate surface area is 203 Å². The molecule has 0 radical (unpaired) electrons. The Morgan fingerprint density at radius 1 is 0.971 bits per heavy atom. The summed E-state index contributed by atoms with van der Waals surface area (Å²) in [7, 11) is 0. The molecule has 2 aromatic heterocycles. The van der Waals surface area contributed by atoms with Gasteiger partial charge in [0.05, 0.1) is 11.9 Å². The van der Waals surface area contributed by atoms with E-state index in [0.717, 1.165) is 48.7 Å². The number of carbonyl (C=O) groups excluding carboxylic acids is 1. The van der Waals surface area contributed by atoms with E-state index in [1.165, 1.54) is 12.0 Å². The Morgan fingerprint density at radius 3 is 2.51 bits per heavy atom. The highest BCUT2D eigenvalue weighted by atomic mass is 16.1. The minimum absolute atomic E-state index is 0.0480. The third-order valence-electron chi connectivity index (χ3n) is 6.97. The van der Waals surface area contributed by atoms with Crippen LogP contribution in [0.5, 0.6) is 0 Å². The molecule has 0 atom stereocenters. The molecule has 35 heavy (non-hydrogen) atoms. The van der Waals surface area contributed by atoms with Gasteiger partial charge in [-0.15, -0.1) is 0 Å². The van der Waals surface area contributed by atoms with Crippen molar-refractivity contribution < 1.29 is 4.79 Å². The molecule has 2 aliphatic heterocycles. The number of nitrogens with one attached hydrogen (secondary N) is 2. The summed E-state index contributed by atoms with van der Waals surface area (Å²) >= 11 is 0. The number of nitrogens with zero attached hydrogens (tertiary/aromatic N) is 6. The maximum absolute atomic E-state index is 12.1. The fraction of sp³-hybridized carbons (Fsp3) is 0.308. The standard InChI is InChI=1S/C26H28N8O/c1-17(2)32-10-12-33(13-11-32)19-8-6-18(7-9-19)31-24-25-29-16-30-34(25)23(15-27-24)20-4-3-5-21-22(20)14-28-26(21)35/h3-9,15-17H,10-14H2,1-2H3,(H,27,31)(H,28,35). The van der Waals surface area contributed by atoms with E-state index in [1.807, 2.05) is 18.2 Å². The minimum Gasteiger partial charge on any atom is -0.369 e. The predicted octanol–water partition coefficient (Wildman–Crippen LogP) is 3.31. The maximum Gasteiger partial charge on any atom is 0.251 e. The van der Waals surface area contributed by atoms with Crippen LogP contribution >= 0.6 is 0 Å². The van der Waals surface area contributed by atoms with E-state index >= 15 is 0 Å². The molecule has 2 N–H and O–H groups in total. The van der Waals surface area contributed by atoms with Crippen LogP contribution < -0.4 is 15.5 Å². The summed E-state index contributed by atoms with van der Waals surface area (Å²) in [5, 5.41) is 10.7. The van der Waals surface area contributed by atoms with Crippen LogP contribution in [0.1, 0.15) is 29.8 Å². The predicted molar refractivity (Wildman–Crippen MR) is 136 cm³/mol. The topological polar surface area (TPSA) is 90.7 Å². The quantitative estimate of drug-likeness (QED) is 0.464. The number of benzene rings is 2. The fourth-order valence-corrected chi connectivity index (χ4v) is 4.97. The fourth-order valence-electron chi connectivity index (χ4n) is 4.97. The number of piperazine rings is 1. The van der Waals surface area contributed by atoms with Gasteiger partial charge in [0.25, 0.3) is 5.91 Å². The second kappa shape index (κ2) is 8.66. The van der Waals surface area contributed by atoms with E-state index in [4.69, 9.17) is 0 Å². The summed E-state index contributed by atoms with van der Waals surface area (Å²) in [6.45, 7) is 9.28. The van der Waals surface area contributed by atoms with E-state index in [0.29, 0.717) is 29.6 Å². The number of hydrogen-bond donors (Lipinski definition) is 2. The number of fused-ring (bicyclic) bond motifs is 2. The lowest BCUT2D eigenvalue weighted by Crippen LogP contribution is -2.48. The highest BCUT2D eigenvalue weighted by Crippen LogP contribution is 2.31. The molecule has 4 heterocycles. The van der Waals surface area contributed by atoms with Gasteiger partial charge in [-0.2, -0.15) is 5.10 Å². The second-order valence-corrected chi connectivity index (χ2v) is 9.29. The van der Waals surface area contributed by atoms with Crippen molar-refractivity contribution in [1.82, 2.24) is 29.8 Å². The van der Waals surface area contributed by atoms with E-state index in [1.54, 1.807) is 10.7 Å². The van der Waals surface area contributed by atoms with Gasteiger partial charge in [0.15, 0.2) is 11.5 Å². The SMILES string of the molecule is CC(C)N1CCN(c2ccc(Nc3ncc(-c4cccc5c4CNC5=O)n4ncnc34)cc2)CC1. The molecule has 0 unspecified atom stereocenters. The molecule has 0 saturated carbocycles. The molecule has 4 aromatic rings. The molecule has 0 spiro atoms. The molecule has 2 aliphatic rings. The first-order valence-electron chi connectivity index (χ1n) is 12.0. The van der Waals surface area contributed by atoms with Crippen molar-refractivity contribution in [2.75, 3.05) is 36.4 Å². The zero-order valence-corrected chi connectivity index (χ0v) is 19.9. The van der Waals surface area contributed by atoms with Crippen LogP contribution in [0.15, 0.2) is 55.0 Å². The first-order chi connectivity index (χ1) is 17.1. The van der Waals surface area contributed by atoms with Crippen LogP contribution in [0.25, 0.3) is 16.9 Å². The molecular formula is C26H28N8O. The van der Waals surface area contributed by atoms with Crippen molar-refractivity contribution >= 4 is 28.7 Å². The van der Waals surface area contributed by atoms with Crippen LogP contribution in [0.2, 0.25) is 0 Å². The van der Waals surface area contributed by atoms with Gasteiger partial charge in [-0.25, -0.2) is 14.5 Å². The maximum atomic E-state index is 12.1. The minimum atomic E-state index is -0.0480. The van der Waals surface area contributed by atoms with Crippen molar-refractivity contribution in [2.24, 2.45) is 0 Å². The van der Waals surface area contributed by atoms with Gasteiger partial charge in [0, 0.05) is 61.3 Å². The summed E-state index contributed by atoms with van der Waals surface area (Å²) in [5.74, 6) is 0.583. The number of carbonyl (C=O) groups is 1. The highest BCUT2D eigenvalue weighted by molar-refractivity contribution is 6.00. The average Bonchev–Trinajstić information content (AvgIpc) is 3.53. The van der Waals surface area contributed by atoms with Crippen molar-refractivity contribution in [2.45, 2.75) is 26.4 Å². The molecule has 9 heteroatoms. The number of aromatic nitrogens is 4. The lowest BCUT2D eigenvalue weighted by Gasteiger charge is -2.38. The van der Waals surface area contributed by atoms with E-state index in [9.17, 15) is 4.79 Å². The molecule has 9 nitrogen and oxygen atoms in total. The van der Waals surface area contributed by atoms with Crippen LogP contribution in [-0.2, 0) is 6.54 Å². The number of hydrogen-bond acceptors (Lipinski definition) is 7. The second-order valence-electron chi connectivity index (χ2n) is 9.29. The molecule has 0 aliphatic carbocycles. The largest absolute Gasteiger partial charge is 0.369 e. The summed E-state index contributed by atoms with van der Waals surface area (Å²) in [4.78, 5) is 26.2. The van der Waals surface area contributed by atoms with Crippen molar-refractivity contribution in [1.29, 1.82) is 0 Å². The molecular weight excluding hydrogens is 440 g/mol. The smallest absolute Gasteiger partial charge is 0.251 e. The van der Waals surface area contributed by atoms with Gasteiger partial charge in [0.1, 0.15) is 6.33 Å². The lowest BCUT2D eigenvalue weighted by molar-refractivity contribution is 0.0965. The van der Waals surface area contributed by atoms with Crippen molar-refractivity contribution in [3.05, 3.63) is 66.1 Å². The van der Waals surface area contributed by atoms with Gasteiger partial charge in [0.2, 0.25) is 0 Å². The lowest BCUT2D eigenvalue weighted by atomic mass is 10.0. The highest BCUT2D eigenvalue weighted by Gasteiger charge is 2.24. The normalized spacial score (nSPS) is 16.1. The van der Waals surface area contributed by atoms with Crippen molar-refractivity contribution in [3.63, 3.8) is 0 Å². The van der Waals surface area contributed by atoms with Crippen LogP contribution in [0.3, 0.4) is 0 Å². The summed E-state index contributed by atoms with van der Waals surface area (Å²) in [5.41, 5.74) is 6.19. The Kier molecular flexibility index (Phi) is 5.33. The summed E-state index contributed by atoms with van der Waals surface area (Å²) in [6.07, 6.45) is 3.31. The summed E-state index contributed by atoms with van der Waals surface area (Å²) < 4.78 is 1.77. The van der Waals surface area contributed by atoms with Gasteiger partial charge >= 0.3 is 0 Å². The first kappa shape index (κ1) is 21.5. The Balaban J connectivity index is 1.24.